The largest absolute Gasteiger partial charge is 0.345 e. The zero-order valence-corrected chi connectivity index (χ0v) is 19.3. The average Bonchev–Trinajstić information content (AvgIpc) is 3.30. The van der Waals surface area contributed by atoms with Gasteiger partial charge in [-0.3, -0.25) is 4.79 Å². The van der Waals surface area contributed by atoms with Gasteiger partial charge in [-0.1, -0.05) is 13.8 Å². The predicted molar refractivity (Wildman–Crippen MR) is 117 cm³/mol. The van der Waals surface area contributed by atoms with Crippen molar-refractivity contribution in [2.45, 2.75) is 28.8 Å². The molecule has 0 unspecified atom stereocenters. The van der Waals surface area contributed by atoms with E-state index in [1.807, 2.05) is 7.05 Å². The van der Waals surface area contributed by atoms with E-state index in [0.717, 1.165) is 0 Å². The normalized spacial score (nSPS) is 11.8. The molecule has 0 spiro atoms. The number of nitrogens with one attached hydrogen (secondary N) is 1. The van der Waals surface area contributed by atoms with Gasteiger partial charge in [-0.15, -0.1) is 0 Å². The van der Waals surface area contributed by atoms with Crippen molar-refractivity contribution in [3.63, 3.8) is 0 Å². The Morgan fingerprint density at radius 2 is 1.90 bits per heavy atom. The van der Waals surface area contributed by atoms with Crippen molar-refractivity contribution in [1.29, 1.82) is 0 Å². The summed E-state index contributed by atoms with van der Waals surface area (Å²) in [5.74, 6) is -1.05. The lowest BCUT2D eigenvalue weighted by atomic mass is 10.3. The van der Waals surface area contributed by atoms with E-state index < -0.39 is 21.7 Å². The van der Waals surface area contributed by atoms with Gasteiger partial charge in [-0.25, -0.2) is 17.8 Å². The molecule has 0 bridgehead atoms. The van der Waals surface area contributed by atoms with E-state index in [1.54, 1.807) is 43.9 Å². The van der Waals surface area contributed by atoms with Crippen LogP contribution in [0.25, 0.3) is 0 Å². The molecule has 2 aromatic heterocycles. The Morgan fingerprint density at radius 1 is 1.19 bits per heavy atom. The molecule has 3 aromatic rings. The van der Waals surface area contributed by atoms with Crippen LogP contribution in [0.2, 0.25) is 0 Å². The van der Waals surface area contributed by atoms with Crippen molar-refractivity contribution in [2.75, 3.05) is 18.4 Å². The Kier molecular flexibility index (Phi) is 6.87. The molecule has 2 heterocycles. The Labute approximate surface area is 185 Å². The SMILES string of the molecule is CCN(CC)S(=O)(=O)c1cc(C(=O)Nc2cc(F)ccc2Sc2nccn2C)n(C)c1. The number of hydrogen-bond acceptors (Lipinski definition) is 5. The van der Waals surface area contributed by atoms with Gasteiger partial charge < -0.3 is 14.5 Å². The van der Waals surface area contributed by atoms with Crippen LogP contribution in [0.3, 0.4) is 0 Å². The van der Waals surface area contributed by atoms with Gasteiger partial charge in [0.15, 0.2) is 5.16 Å². The second-order valence-electron chi connectivity index (χ2n) is 6.78. The quantitative estimate of drug-likeness (QED) is 0.551. The predicted octanol–water partition coefficient (Wildman–Crippen LogP) is 3.33. The van der Waals surface area contributed by atoms with Crippen molar-refractivity contribution < 1.29 is 17.6 Å². The molecule has 0 radical (unpaired) electrons. The van der Waals surface area contributed by atoms with Gasteiger partial charge >= 0.3 is 0 Å². The zero-order valence-electron chi connectivity index (χ0n) is 17.7. The second-order valence-corrected chi connectivity index (χ2v) is 9.73. The number of sulfonamides is 1. The number of aryl methyl sites for hydroxylation is 2. The van der Waals surface area contributed by atoms with Crippen molar-refractivity contribution in [3.05, 3.63) is 54.4 Å². The van der Waals surface area contributed by atoms with Crippen LogP contribution in [-0.2, 0) is 24.1 Å². The van der Waals surface area contributed by atoms with Crippen LogP contribution in [0, 0.1) is 5.82 Å². The molecule has 0 aliphatic heterocycles. The first-order valence-electron chi connectivity index (χ1n) is 9.60. The summed E-state index contributed by atoms with van der Waals surface area (Å²) in [5, 5.41) is 3.37. The Balaban J connectivity index is 1.90. The number of halogens is 1. The maximum atomic E-state index is 13.9. The van der Waals surface area contributed by atoms with Crippen LogP contribution < -0.4 is 5.32 Å². The van der Waals surface area contributed by atoms with E-state index in [-0.39, 0.29) is 16.3 Å². The molecule has 0 aliphatic carbocycles. The standard InChI is InChI=1S/C20H24FN5O3S2/c1-5-26(6-2)31(28,29)15-12-17(25(4)13-15)19(27)23-16-11-14(21)7-8-18(16)30-20-22-9-10-24(20)3/h7-13H,5-6H2,1-4H3,(H,23,27). The molecule has 31 heavy (non-hydrogen) atoms. The lowest BCUT2D eigenvalue weighted by Gasteiger charge is -2.17. The first-order chi connectivity index (χ1) is 14.7. The van der Waals surface area contributed by atoms with E-state index in [0.29, 0.717) is 23.1 Å². The number of rotatable bonds is 8. The lowest BCUT2D eigenvalue weighted by Crippen LogP contribution is -2.30. The number of amides is 1. The highest BCUT2D eigenvalue weighted by Crippen LogP contribution is 2.33. The minimum atomic E-state index is -3.71. The first kappa shape index (κ1) is 23.0. The monoisotopic (exact) mass is 465 g/mol. The summed E-state index contributed by atoms with van der Waals surface area (Å²) in [6.07, 6.45) is 4.83. The summed E-state index contributed by atoms with van der Waals surface area (Å²) in [6.45, 7) is 4.16. The fraction of sp³-hybridized carbons (Fsp3) is 0.300. The minimum absolute atomic E-state index is 0.0331. The van der Waals surface area contributed by atoms with Gasteiger partial charge in [0.25, 0.3) is 5.91 Å². The third-order valence-electron chi connectivity index (χ3n) is 4.72. The summed E-state index contributed by atoms with van der Waals surface area (Å²) < 4.78 is 44.0. The molecule has 0 fully saturated rings. The van der Waals surface area contributed by atoms with Crippen molar-refractivity contribution in [1.82, 2.24) is 18.4 Å². The van der Waals surface area contributed by atoms with Crippen LogP contribution in [-0.4, -0.2) is 45.8 Å². The Morgan fingerprint density at radius 3 is 2.52 bits per heavy atom. The fourth-order valence-corrected chi connectivity index (χ4v) is 5.44. The van der Waals surface area contributed by atoms with Gasteiger partial charge in [-0.05, 0) is 36.0 Å². The molecule has 1 N–H and O–H groups in total. The molecule has 166 valence electrons. The van der Waals surface area contributed by atoms with Gasteiger partial charge in [0.05, 0.1) is 5.69 Å². The molecule has 0 saturated carbocycles. The fourth-order valence-electron chi connectivity index (χ4n) is 3.04. The van der Waals surface area contributed by atoms with Crippen molar-refractivity contribution in [2.24, 2.45) is 14.1 Å². The van der Waals surface area contributed by atoms with E-state index in [9.17, 15) is 17.6 Å². The van der Waals surface area contributed by atoms with Gasteiger partial charge in [-0.2, -0.15) is 4.31 Å². The number of hydrogen-bond donors (Lipinski definition) is 1. The number of imidazole rings is 1. The molecular formula is C20H24FN5O3S2. The van der Waals surface area contributed by atoms with Crippen LogP contribution in [0.1, 0.15) is 24.3 Å². The van der Waals surface area contributed by atoms with Crippen LogP contribution in [0.5, 0.6) is 0 Å². The van der Waals surface area contributed by atoms with Crippen LogP contribution in [0.4, 0.5) is 10.1 Å². The average molecular weight is 466 g/mol. The Bertz CT molecular complexity index is 1200. The maximum Gasteiger partial charge on any atom is 0.272 e. The highest BCUT2D eigenvalue weighted by Gasteiger charge is 2.25. The lowest BCUT2D eigenvalue weighted by molar-refractivity contribution is 0.101. The minimum Gasteiger partial charge on any atom is -0.345 e. The summed E-state index contributed by atoms with van der Waals surface area (Å²) in [6, 6.07) is 5.41. The molecule has 0 atom stereocenters. The number of nitrogens with zero attached hydrogens (tertiary/aromatic N) is 4. The van der Waals surface area contributed by atoms with Gasteiger partial charge in [0, 0.05) is 50.7 Å². The number of aromatic nitrogens is 3. The molecule has 11 heteroatoms. The highest BCUT2D eigenvalue weighted by molar-refractivity contribution is 7.99. The van der Waals surface area contributed by atoms with Gasteiger partial charge in [0.2, 0.25) is 10.0 Å². The number of benzene rings is 1. The van der Waals surface area contributed by atoms with Crippen LogP contribution in [0.15, 0.2) is 57.8 Å². The number of anilines is 1. The van der Waals surface area contributed by atoms with E-state index in [4.69, 9.17) is 0 Å². The molecule has 0 saturated heterocycles. The smallest absolute Gasteiger partial charge is 0.272 e. The maximum absolute atomic E-state index is 13.9. The van der Waals surface area contributed by atoms with E-state index in [2.05, 4.69) is 10.3 Å². The highest BCUT2D eigenvalue weighted by atomic mass is 32.2. The third-order valence-corrected chi connectivity index (χ3v) is 7.89. The third kappa shape index (κ3) is 4.83. The summed E-state index contributed by atoms with van der Waals surface area (Å²) >= 11 is 1.28. The Hall–Kier alpha value is -2.63. The molecule has 0 aliphatic rings. The summed E-state index contributed by atoms with van der Waals surface area (Å²) in [7, 11) is -0.285. The molecule has 1 amide bonds. The zero-order chi connectivity index (χ0) is 22.8. The molecule has 1 aromatic carbocycles. The number of carbonyl (C=O) groups excluding carboxylic acids is 1. The summed E-state index contributed by atoms with van der Waals surface area (Å²) in [4.78, 5) is 17.8. The molecule has 8 nitrogen and oxygen atoms in total. The second kappa shape index (κ2) is 9.25. The van der Waals surface area contributed by atoms with Crippen molar-refractivity contribution >= 4 is 33.4 Å². The summed E-state index contributed by atoms with van der Waals surface area (Å²) in [5.41, 5.74) is 0.412. The first-order valence-corrected chi connectivity index (χ1v) is 11.9. The van der Waals surface area contributed by atoms with Gasteiger partial charge in [0.1, 0.15) is 16.4 Å². The van der Waals surface area contributed by atoms with Crippen LogP contribution >= 0.6 is 11.8 Å². The molecule has 3 rings (SSSR count). The van der Waals surface area contributed by atoms with E-state index in [1.165, 1.54) is 45.0 Å². The number of carbonyl (C=O) groups is 1. The van der Waals surface area contributed by atoms with E-state index >= 15 is 0 Å². The topological polar surface area (TPSA) is 89.2 Å². The van der Waals surface area contributed by atoms with Crippen molar-refractivity contribution in [3.8, 4) is 0 Å². The molecular weight excluding hydrogens is 441 g/mol.